The van der Waals surface area contributed by atoms with Gasteiger partial charge in [0, 0.05) is 27.2 Å². The average molecular weight is 277 g/mol. The summed E-state index contributed by atoms with van der Waals surface area (Å²) in [5.74, 6) is -0.126. The highest BCUT2D eigenvalue weighted by atomic mass is 32.2. The van der Waals surface area contributed by atoms with Crippen LogP contribution in [0.2, 0.25) is 0 Å². The van der Waals surface area contributed by atoms with Crippen LogP contribution in [0.1, 0.15) is 19.8 Å². The lowest BCUT2D eigenvalue weighted by Gasteiger charge is -2.32. The highest BCUT2D eigenvalue weighted by molar-refractivity contribution is 7.89. The first-order chi connectivity index (χ1) is 8.28. The minimum absolute atomic E-state index is 0.0603. The molecule has 0 aliphatic carbocycles. The lowest BCUT2D eigenvalue weighted by molar-refractivity contribution is -0.130. The van der Waals surface area contributed by atoms with Gasteiger partial charge in [-0.15, -0.1) is 0 Å². The van der Waals surface area contributed by atoms with Crippen LogP contribution in [0.25, 0.3) is 0 Å². The molecule has 2 N–H and O–H groups in total. The van der Waals surface area contributed by atoms with Crippen molar-refractivity contribution in [1.82, 2.24) is 14.9 Å². The summed E-state index contributed by atoms with van der Waals surface area (Å²) in [6.07, 6.45) is 1.81. The Hall–Kier alpha value is -0.660. The van der Waals surface area contributed by atoms with Gasteiger partial charge in [-0.2, -0.15) is 0 Å². The number of sulfonamides is 1. The van der Waals surface area contributed by atoms with Crippen molar-refractivity contribution < 1.29 is 13.2 Å². The predicted octanol–water partition coefficient (Wildman–Crippen LogP) is -0.616. The Bertz CT molecular complexity index is 386. The third-order valence-electron chi connectivity index (χ3n) is 3.35. The zero-order valence-electron chi connectivity index (χ0n) is 11.3. The van der Waals surface area contributed by atoms with Gasteiger partial charge in [0.15, 0.2) is 0 Å². The maximum Gasteiger partial charge on any atom is 0.227 e. The van der Waals surface area contributed by atoms with Gasteiger partial charge in [-0.25, -0.2) is 12.7 Å². The van der Waals surface area contributed by atoms with Crippen molar-refractivity contribution in [1.29, 1.82) is 0 Å². The SMILES string of the molecule is CN(C)S(=O)(=O)CCNC(=O)C1(C)CCCNC1. The molecule has 1 saturated heterocycles. The molecule has 1 rings (SSSR count). The summed E-state index contributed by atoms with van der Waals surface area (Å²) in [5.41, 5.74) is -0.417. The van der Waals surface area contributed by atoms with Crippen molar-refractivity contribution in [3.8, 4) is 0 Å². The van der Waals surface area contributed by atoms with Crippen molar-refractivity contribution in [2.45, 2.75) is 19.8 Å². The molecule has 6 nitrogen and oxygen atoms in total. The van der Waals surface area contributed by atoms with Gasteiger partial charge in [0.05, 0.1) is 11.2 Å². The van der Waals surface area contributed by atoms with Crippen LogP contribution < -0.4 is 10.6 Å². The van der Waals surface area contributed by atoms with E-state index < -0.39 is 15.4 Å². The normalized spacial score (nSPS) is 25.1. The van der Waals surface area contributed by atoms with Crippen molar-refractivity contribution in [2.24, 2.45) is 5.41 Å². The molecule has 0 aromatic rings. The first-order valence-corrected chi connectivity index (χ1v) is 7.78. The smallest absolute Gasteiger partial charge is 0.227 e. The molecule has 0 aromatic carbocycles. The lowest BCUT2D eigenvalue weighted by Crippen LogP contribution is -2.49. The fourth-order valence-corrected chi connectivity index (χ4v) is 2.66. The van der Waals surface area contributed by atoms with Gasteiger partial charge < -0.3 is 10.6 Å². The van der Waals surface area contributed by atoms with Crippen LogP contribution in [0.5, 0.6) is 0 Å². The Labute approximate surface area is 109 Å². The summed E-state index contributed by atoms with van der Waals surface area (Å²) in [6.45, 7) is 3.67. The topological polar surface area (TPSA) is 78.5 Å². The molecule has 1 atom stereocenters. The van der Waals surface area contributed by atoms with E-state index in [1.807, 2.05) is 6.92 Å². The molecule has 7 heteroatoms. The van der Waals surface area contributed by atoms with E-state index in [4.69, 9.17) is 0 Å². The van der Waals surface area contributed by atoms with Crippen molar-refractivity contribution >= 4 is 15.9 Å². The van der Waals surface area contributed by atoms with Crippen LogP contribution in [0, 0.1) is 5.41 Å². The minimum atomic E-state index is -3.24. The van der Waals surface area contributed by atoms with E-state index >= 15 is 0 Å². The van der Waals surface area contributed by atoms with Gasteiger partial charge in [-0.1, -0.05) is 0 Å². The Balaban J connectivity index is 2.42. The number of nitrogens with zero attached hydrogens (tertiary/aromatic N) is 1. The second kappa shape index (κ2) is 5.99. The Morgan fingerprint density at radius 3 is 2.61 bits per heavy atom. The lowest BCUT2D eigenvalue weighted by atomic mass is 9.82. The first-order valence-electron chi connectivity index (χ1n) is 6.17. The minimum Gasteiger partial charge on any atom is -0.355 e. The molecule has 1 aliphatic rings. The predicted molar refractivity (Wildman–Crippen MR) is 70.7 cm³/mol. The summed E-state index contributed by atoms with van der Waals surface area (Å²) in [7, 11) is -0.262. The molecule has 1 unspecified atom stereocenters. The second-order valence-corrected chi connectivity index (χ2v) is 7.50. The van der Waals surface area contributed by atoms with Crippen LogP contribution in [0.3, 0.4) is 0 Å². The molecule has 1 amide bonds. The monoisotopic (exact) mass is 277 g/mol. The number of piperidine rings is 1. The number of hydrogen-bond donors (Lipinski definition) is 2. The molecule has 1 aliphatic heterocycles. The van der Waals surface area contributed by atoms with Crippen molar-refractivity contribution in [3.63, 3.8) is 0 Å². The first kappa shape index (κ1) is 15.4. The molecule has 0 radical (unpaired) electrons. The fraction of sp³-hybridized carbons (Fsp3) is 0.909. The third-order valence-corrected chi connectivity index (χ3v) is 5.18. The summed E-state index contributed by atoms with van der Waals surface area (Å²) in [5, 5.41) is 5.91. The fourth-order valence-electron chi connectivity index (χ4n) is 1.94. The maximum absolute atomic E-state index is 12.0. The highest BCUT2D eigenvalue weighted by Crippen LogP contribution is 2.25. The van der Waals surface area contributed by atoms with Gasteiger partial charge in [0.1, 0.15) is 0 Å². The highest BCUT2D eigenvalue weighted by Gasteiger charge is 2.34. The molecular formula is C11H23N3O3S. The van der Waals surface area contributed by atoms with Crippen molar-refractivity contribution in [2.75, 3.05) is 39.5 Å². The van der Waals surface area contributed by atoms with E-state index in [1.165, 1.54) is 18.4 Å². The molecule has 106 valence electrons. The van der Waals surface area contributed by atoms with Gasteiger partial charge in [-0.3, -0.25) is 4.79 Å². The van der Waals surface area contributed by atoms with E-state index in [-0.39, 0.29) is 18.2 Å². The zero-order valence-corrected chi connectivity index (χ0v) is 12.1. The number of hydrogen-bond acceptors (Lipinski definition) is 4. The van der Waals surface area contributed by atoms with Crippen molar-refractivity contribution in [3.05, 3.63) is 0 Å². The van der Waals surface area contributed by atoms with Crippen LogP contribution >= 0.6 is 0 Å². The molecule has 18 heavy (non-hydrogen) atoms. The number of amides is 1. The van der Waals surface area contributed by atoms with Crippen LogP contribution in [0.4, 0.5) is 0 Å². The number of nitrogens with one attached hydrogen (secondary N) is 2. The number of rotatable bonds is 5. The summed E-state index contributed by atoms with van der Waals surface area (Å²) < 4.78 is 24.2. The van der Waals surface area contributed by atoms with Gasteiger partial charge in [0.2, 0.25) is 15.9 Å². The van der Waals surface area contributed by atoms with E-state index in [1.54, 1.807) is 0 Å². The molecule has 0 bridgehead atoms. The Morgan fingerprint density at radius 1 is 1.44 bits per heavy atom. The quantitative estimate of drug-likeness (QED) is 0.702. The molecule has 0 saturated carbocycles. The Kier molecular flexibility index (Phi) is 5.12. The molecule has 1 heterocycles. The van der Waals surface area contributed by atoms with E-state index in [9.17, 15) is 13.2 Å². The zero-order chi connectivity index (χ0) is 13.8. The average Bonchev–Trinajstić information content (AvgIpc) is 2.29. The standard InChI is InChI=1S/C11H23N3O3S/c1-11(5-4-6-12-9-11)10(15)13-7-8-18(16,17)14(2)3/h12H,4-9H2,1-3H3,(H,13,15). The second-order valence-electron chi connectivity index (χ2n) is 5.20. The summed E-state index contributed by atoms with van der Waals surface area (Å²) in [4.78, 5) is 12.0. The van der Waals surface area contributed by atoms with E-state index in [2.05, 4.69) is 10.6 Å². The largest absolute Gasteiger partial charge is 0.355 e. The van der Waals surface area contributed by atoms with Crippen LogP contribution in [0.15, 0.2) is 0 Å². The van der Waals surface area contributed by atoms with Gasteiger partial charge in [0.25, 0.3) is 0 Å². The van der Waals surface area contributed by atoms with Crippen LogP contribution in [-0.2, 0) is 14.8 Å². The van der Waals surface area contributed by atoms with E-state index in [0.29, 0.717) is 6.54 Å². The Morgan fingerprint density at radius 2 is 2.11 bits per heavy atom. The maximum atomic E-state index is 12.0. The van der Waals surface area contributed by atoms with Gasteiger partial charge >= 0.3 is 0 Å². The van der Waals surface area contributed by atoms with Crippen LogP contribution in [-0.4, -0.2) is 58.1 Å². The number of carbonyl (C=O) groups excluding carboxylic acids is 1. The molecule has 0 spiro atoms. The molecule has 1 fully saturated rings. The molecule has 0 aromatic heterocycles. The van der Waals surface area contributed by atoms with Gasteiger partial charge in [-0.05, 0) is 26.3 Å². The number of carbonyl (C=O) groups is 1. The van der Waals surface area contributed by atoms with E-state index in [0.717, 1.165) is 19.4 Å². The summed E-state index contributed by atoms with van der Waals surface area (Å²) >= 11 is 0. The third kappa shape index (κ3) is 3.93. The summed E-state index contributed by atoms with van der Waals surface area (Å²) in [6, 6.07) is 0. The molecular weight excluding hydrogens is 254 g/mol.